The number of rotatable bonds is 0. The molecule has 0 fully saturated rings. The van der Waals surface area contributed by atoms with Crippen LogP contribution in [0.15, 0.2) is 48.5 Å². The van der Waals surface area contributed by atoms with Crippen LogP contribution in [0.5, 0.6) is 0 Å². The molecule has 0 aromatic heterocycles. The molecule has 0 aliphatic heterocycles. The van der Waals surface area contributed by atoms with Crippen LogP contribution in [-0.4, -0.2) is 3.21 Å². The molecule has 0 spiro atoms. The second-order valence-corrected chi connectivity index (χ2v) is 17.7. The Morgan fingerprint density at radius 3 is 1.20 bits per heavy atom. The molecule has 0 radical (unpaired) electrons. The summed E-state index contributed by atoms with van der Waals surface area (Å²) in [4.78, 5) is 0. The van der Waals surface area contributed by atoms with E-state index in [1.54, 1.807) is 0 Å². The zero-order valence-corrected chi connectivity index (χ0v) is 23.3. The van der Waals surface area contributed by atoms with E-state index >= 15 is 0 Å². The van der Waals surface area contributed by atoms with Gasteiger partial charge in [0.2, 0.25) is 0 Å². The molecule has 4 aromatic carbocycles. The molecule has 0 amide bonds. The van der Waals surface area contributed by atoms with Crippen molar-refractivity contribution in [2.24, 2.45) is 0 Å². The fourth-order valence-electron chi connectivity index (χ4n) is 3.47. The maximum atomic E-state index is 5.54. The predicted octanol–water partition coefficient (Wildman–Crippen LogP) is 9.09. The van der Waals surface area contributed by atoms with E-state index in [0.29, 0.717) is 0 Å². The first-order chi connectivity index (χ1) is 14.0. The molecule has 4 rings (SSSR count). The van der Waals surface area contributed by atoms with Crippen LogP contribution in [0.25, 0.3) is 21.5 Å². The summed E-state index contributed by atoms with van der Waals surface area (Å²) in [6, 6.07) is 17.8. The van der Waals surface area contributed by atoms with Crippen molar-refractivity contribution in [3.05, 3.63) is 81.9 Å². The van der Waals surface area contributed by atoms with Crippen molar-refractivity contribution in [1.29, 1.82) is 0 Å². The first-order valence-corrected chi connectivity index (χ1v) is 17.8. The summed E-state index contributed by atoms with van der Waals surface area (Å²) in [7, 11) is 11.1. The molecule has 0 bridgehead atoms. The minimum atomic E-state index is -1.84. The number of halogens is 2. The molecule has 0 aliphatic rings. The average Bonchev–Trinajstić information content (AvgIpc) is 3.27. The Hall–Kier alpha value is -1.01. The van der Waals surface area contributed by atoms with Gasteiger partial charge in [0.15, 0.2) is 0 Å². The van der Waals surface area contributed by atoms with E-state index in [1.165, 1.54) is 58.1 Å². The van der Waals surface area contributed by atoms with Crippen LogP contribution in [0, 0.1) is 41.5 Å². The monoisotopic (exact) mass is 516 g/mol. The molecule has 4 aromatic rings. The molecule has 30 heavy (non-hydrogen) atoms. The summed E-state index contributed by atoms with van der Waals surface area (Å²) in [5.74, 6) is 0. The quantitative estimate of drug-likeness (QED) is 0.204. The van der Waals surface area contributed by atoms with E-state index in [1.807, 2.05) is 13.8 Å². The molecule has 0 atom stereocenters. The summed E-state index contributed by atoms with van der Waals surface area (Å²) in [6.45, 7) is 16.9. The van der Waals surface area contributed by atoms with E-state index in [2.05, 4.69) is 90.1 Å². The summed E-state index contributed by atoms with van der Waals surface area (Å²) in [6.07, 6.45) is 0. The van der Waals surface area contributed by atoms with Crippen LogP contribution in [0.4, 0.5) is 0 Å². The Morgan fingerprint density at radius 1 is 0.633 bits per heavy atom. The number of hydrogen-bond acceptors (Lipinski definition) is 0. The summed E-state index contributed by atoms with van der Waals surface area (Å²) < 4.78 is 1.24. The standard InChI is InChI=1S/2C12H13.C3H6.2ClH.Zr/c2*1-8-6-11-9(2)4-5-10(3)12(11)7-8;1-3-2;;;/h2*4-7H,1-3H3;1-2H3;2*1H;/q2*-1;;;;+2/p-2. The second kappa shape index (κ2) is 11.0. The van der Waals surface area contributed by atoms with Gasteiger partial charge < -0.3 is 0 Å². The maximum Gasteiger partial charge on any atom is -0.0488 e. The third kappa shape index (κ3) is 6.49. The fourth-order valence-corrected chi connectivity index (χ4v) is 3.47. The van der Waals surface area contributed by atoms with Crippen LogP contribution >= 0.6 is 17.0 Å². The minimum Gasteiger partial charge on any atom is -0.165 e. The van der Waals surface area contributed by atoms with Crippen molar-refractivity contribution >= 4 is 41.8 Å². The van der Waals surface area contributed by atoms with E-state index in [4.69, 9.17) is 17.0 Å². The van der Waals surface area contributed by atoms with Crippen molar-refractivity contribution in [3.63, 3.8) is 0 Å². The van der Waals surface area contributed by atoms with Crippen molar-refractivity contribution in [1.82, 2.24) is 0 Å². The molecule has 160 valence electrons. The molecule has 3 heteroatoms. The predicted molar refractivity (Wildman–Crippen MR) is 136 cm³/mol. The van der Waals surface area contributed by atoms with Gasteiger partial charge in [-0.1, -0.05) is 51.0 Å². The van der Waals surface area contributed by atoms with Gasteiger partial charge in [0.05, 0.1) is 0 Å². The Balaban J connectivity index is 0.000000171. The van der Waals surface area contributed by atoms with Crippen molar-refractivity contribution in [2.75, 3.05) is 0 Å². The summed E-state index contributed by atoms with van der Waals surface area (Å²) in [5.41, 5.74) is 8.24. The van der Waals surface area contributed by atoms with Crippen LogP contribution in [0.3, 0.4) is 0 Å². The molecule has 0 heterocycles. The number of fused-ring (bicyclic) bond motifs is 2. The van der Waals surface area contributed by atoms with Crippen LogP contribution < -0.4 is 0 Å². The van der Waals surface area contributed by atoms with Crippen LogP contribution in [0.2, 0.25) is 0 Å². The number of benzene rings is 2. The van der Waals surface area contributed by atoms with Crippen molar-refractivity contribution < 1.29 is 18.9 Å². The number of hydrogen-bond donors (Lipinski definition) is 0. The average molecular weight is 519 g/mol. The second-order valence-electron chi connectivity index (χ2n) is 8.38. The molecule has 0 aliphatic carbocycles. The molecule has 0 saturated heterocycles. The summed E-state index contributed by atoms with van der Waals surface area (Å²) >= 11 is -1.84. The van der Waals surface area contributed by atoms with Gasteiger partial charge in [-0.05, 0) is 13.8 Å². The largest absolute Gasteiger partial charge is 0.165 e. The van der Waals surface area contributed by atoms with E-state index in [-0.39, 0.29) is 0 Å². The van der Waals surface area contributed by atoms with Gasteiger partial charge in [-0.15, -0.1) is 68.1 Å². The van der Waals surface area contributed by atoms with Gasteiger partial charge in [0.25, 0.3) is 0 Å². The topological polar surface area (TPSA) is 0 Å². The normalized spacial score (nSPS) is 10.3. The molecule has 0 unspecified atom stereocenters. The van der Waals surface area contributed by atoms with E-state index < -0.39 is 18.9 Å². The molecule has 0 nitrogen and oxygen atoms in total. The van der Waals surface area contributed by atoms with Gasteiger partial charge in [0.1, 0.15) is 0 Å². The van der Waals surface area contributed by atoms with Gasteiger partial charge in [-0.2, -0.15) is 12.1 Å². The van der Waals surface area contributed by atoms with Crippen molar-refractivity contribution in [3.8, 4) is 0 Å². The van der Waals surface area contributed by atoms with Crippen molar-refractivity contribution in [2.45, 2.75) is 55.4 Å². The smallest absolute Gasteiger partial charge is 0.0488 e. The first kappa shape index (κ1) is 25.3. The first-order valence-electron chi connectivity index (χ1n) is 10.3. The van der Waals surface area contributed by atoms with Gasteiger partial charge in [-0.25, -0.2) is 0 Å². The zero-order valence-electron chi connectivity index (χ0n) is 19.4. The molecular formula is C27H32Cl2Zr-2. The third-order valence-electron chi connectivity index (χ3n) is 5.31. The van der Waals surface area contributed by atoms with Crippen LogP contribution in [-0.2, 0) is 18.9 Å². The van der Waals surface area contributed by atoms with E-state index in [0.717, 1.165) is 0 Å². The fraction of sp³-hybridized carbons (Fsp3) is 0.296. The molecule has 0 N–H and O–H groups in total. The number of aryl methyl sites for hydroxylation is 6. The Kier molecular flexibility index (Phi) is 9.29. The minimum absolute atomic E-state index is 1.24. The van der Waals surface area contributed by atoms with E-state index in [9.17, 15) is 0 Å². The zero-order chi connectivity index (χ0) is 22.6. The van der Waals surface area contributed by atoms with Gasteiger partial charge in [-0.3, -0.25) is 0 Å². The molecular weight excluding hydrogens is 486 g/mol. The van der Waals surface area contributed by atoms with Gasteiger partial charge >= 0.3 is 53.0 Å². The molecule has 0 saturated carbocycles. The maximum absolute atomic E-state index is 5.54. The van der Waals surface area contributed by atoms with Gasteiger partial charge in [0, 0.05) is 0 Å². The third-order valence-corrected chi connectivity index (χ3v) is 11.6. The summed E-state index contributed by atoms with van der Waals surface area (Å²) in [5, 5.41) is 5.64. The SMILES string of the molecule is C[C](C)=[Zr]([Cl])[Cl].Cc1cc2c(C)ccc(C)c2[cH-]1.Cc1cc2c(C)ccc(C)c2[cH-]1. The Bertz CT molecular complexity index is 1010. The van der Waals surface area contributed by atoms with Crippen LogP contribution in [0.1, 0.15) is 47.2 Å². The Labute approximate surface area is 196 Å². The Morgan fingerprint density at radius 2 is 0.933 bits per heavy atom.